The van der Waals surface area contributed by atoms with E-state index < -0.39 is 12.1 Å². The number of aromatic nitrogens is 5. The summed E-state index contributed by atoms with van der Waals surface area (Å²) < 4.78 is 12.9. The molecule has 220 valence electrons. The zero-order valence-electron chi connectivity index (χ0n) is 23.7. The number of anilines is 2. The average Bonchev–Trinajstić information content (AvgIpc) is 3.57. The molecule has 1 aromatic carbocycles. The molecular formula is C26H35N9O6. The number of hydrogen-bond donors (Lipinski definition) is 3. The Morgan fingerprint density at radius 2 is 2.05 bits per heavy atom. The Kier molecular flexibility index (Phi) is 9.17. The van der Waals surface area contributed by atoms with Crippen molar-refractivity contribution in [3.05, 3.63) is 41.5 Å². The monoisotopic (exact) mass is 569 g/mol. The van der Waals surface area contributed by atoms with Crippen LogP contribution in [0.2, 0.25) is 0 Å². The van der Waals surface area contributed by atoms with Gasteiger partial charge in [-0.3, -0.25) is 9.59 Å². The quantitative estimate of drug-likeness (QED) is 0.357. The summed E-state index contributed by atoms with van der Waals surface area (Å²) in [4.78, 5) is 42.1. The number of aliphatic hydroxyl groups is 1. The van der Waals surface area contributed by atoms with Gasteiger partial charge < -0.3 is 34.8 Å². The van der Waals surface area contributed by atoms with Crippen LogP contribution in [-0.2, 0) is 22.6 Å². The van der Waals surface area contributed by atoms with Gasteiger partial charge in [0.25, 0.3) is 0 Å². The number of amides is 4. The Hall–Kier alpha value is -4.53. The molecule has 0 saturated carbocycles. The van der Waals surface area contributed by atoms with E-state index in [0.29, 0.717) is 40.7 Å². The van der Waals surface area contributed by atoms with Crippen molar-refractivity contribution in [1.82, 2.24) is 35.2 Å². The van der Waals surface area contributed by atoms with Crippen LogP contribution in [0.15, 0.2) is 29.0 Å². The van der Waals surface area contributed by atoms with Crippen molar-refractivity contribution in [3.63, 3.8) is 0 Å². The third-order valence-electron chi connectivity index (χ3n) is 6.96. The van der Waals surface area contributed by atoms with E-state index in [-0.39, 0.29) is 49.9 Å². The zero-order chi connectivity index (χ0) is 29.7. The van der Waals surface area contributed by atoms with E-state index in [2.05, 4.69) is 31.3 Å². The minimum atomic E-state index is -0.506. The highest BCUT2D eigenvalue weighted by Crippen LogP contribution is 2.29. The predicted molar refractivity (Wildman–Crippen MR) is 146 cm³/mol. The normalized spacial score (nSPS) is 17.9. The number of carbonyl (C=O) groups is 3. The molecule has 0 radical (unpaired) electrons. The number of ether oxygens (including phenoxy) is 1. The van der Waals surface area contributed by atoms with Crippen molar-refractivity contribution in [2.75, 3.05) is 37.4 Å². The van der Waals surface area contributed by atoms with E-state index in [1.807, 2.05) is 6.92 Å². The van der Waals surface area contributed by atoms with Gasteiger partial charge in [0.2, 0.25) is 11.8 Å². The van der Waals surface area contributed by atoms with Gasteiger partial charge in [0.05, 0.1) is 25.6 Å². The van der Waals surface area contributed by atoms with Gasteiger partial charge in [-0.15, -0.1) is 5.10 Å². The van der Waals surface area contributed by atoms with Gasteiger partial charge in [0, 0.05) is 30.8 Å². The number of nitrogens with one attached hydrogen (secondary N) is 2. The van der Waals surface area contributed by atoms with Crippen LogP contribution in [0.1, 0.15) is 30.9 Å². The molecule has 1 aliphatic rings. The van der Waals surface area contributed by atoms with Crippen LogP contribution in [-0.4, -0.2) is 97.0 Å². The minimum Gasteiger partial charge on any atom is -0.488 e. The molecule has 0 bridgehead atoms. The van der Waals surface area contributed by atoms with Gasteiger partial charge in [-0.1, -0.05) is 12.1 Å². The van der Waals surface area contributed by atoms with Gasteiger partial charge in [-0.25, -0.2) is 9.48 Å². The standard InChI is InChI=1S/C26H35N9O6/c1-15-10-35(16(2)13-36)24(38)9-19-8-20(28-23(37)12-34-14-27-31-32-34)6-7-21(19)40-22(15)11-33(5)26(39)29-25-17(3)30-41-18(25)4/h6-8,14-16,22,36H,9-13H2,1-5H3,(H,28,37)(H,29,39)/t15-,16+,22-/m0/s1. The maximum atomic E-state index is 13.4. The second kappa shape index (κ2) is 12.8. The molecule has 3 N–H and O–H groups in total. The number of carbonyl (C=O) groups excluding carboxylic acids is 3. The molecule has 15 nitrogen and oxygen atoms in total. The van der Waals surface area contributed by atoms with E-state index in [1.54, 1.807) is 50.9 Å². The molecule has 4 rings (SSSR count). The molecule has 41 heavy (non-hydrogen) atoms. The van der Waals surface area contributed by atoms with Gasteiger partial charge in [-0.05, 0) is 49.4 Å². The van der Waals surface area contributed by atoms with Crippen LogP contribution in [0.4, 0.5) is 16.2 Å². The van der Waals surface area contributed by atoms with Crippen LogP contribution >= 0.6 is 0 Å². The van der Waals surface area contributed by atoms with E-state index in [9.17, 15) is 19.5 Å². The zero-order valence-corrected chi connectivity index (χ0v) is 23.7. The maximum Gasteiger partial charge on any atom is 0.321 e. The number of hydrogen-bond acceptors (Lipinski definition) is 10. The van der Waals surface area contributed by atoms with Crippen molar-refractivity contribution in [2.24, 2.45) is 5.92 Å². The molecule has 0 unspecified atom stereocenters. The Labute approximate surface area is 236 Å². The summed E-state index contributed by atoms with van der Waals surface area (Å²) in [5.74, 6) is 0.222. The maximum absolute atomic E-state index is 13.4. The van der Waals surface area contributed by atoms with Crippen LogP contribution in [0.5, 0.6) is 5.75 Å². The fourth-order valence-electron chi connectivity index (χ4n) is 4.54. The summed E-state index contributed by atoms with van der Waals surface area (Å²) in [5.41, 5.74) is 2.11. The van der Waals surface area contributed by atoms with E-state index in [0.717, 1.165) is 0 Å². The summed E-state index contributed by atoms with van der Waals surface area (Å²) in [6, 6.07) is 4.28. The lowest BCUT2D eigenvalue weighted by molar-refractivity contribution is -0.134. The molecule has 2 aromatic heterocycles. The first-order valence-electron chi connectivity index (χ1n) is 13.2. The second-order valence-corrected chi connectivity index (χ2v) is 10.3. The van der Waals surface area contributed by atoms with Crippen molar-refractivity contribution < 1.29 is 28.8 Å². The summed E-state index contributed by atoms with van der Waals surface area (Å²) in [6.07, 6.45) is 0.826. The lowest BCUT2D eigenvalue weighted by Gasteiger charge is -2.34. The van der Waals surface area contributed by atoms with Crippen molar-refractivity contribution >= 4 is 29.2 Å². The largest absolute Gasteiger partial charge is 0.488 e. The number of fused-ring (bicyclic) bond motifs is 1. The number of urea groups is 1. The highest BCUT2D eigenvalue weighted by molar-refractivity contribution is 5.91. The molecule has 0 aliphatic carbocycles. The molecule has 0 fully saturated rings. The lowest BCUT2D eigenvalue weighted by Crippen LogP contribution is -2.48. The Balaban J connectivity index is 1.57. The highest BCUT2D eigenvalue weighted by Gasteiger charge is 2.32. The van der Waals surface area contributed by atoms with Crippen LogP contribution in [0, 0.1) is 19.8 Å². The first-order chi connectivity index (χ1) is 19.5. The van der Waals surface area contributed by atoms with Crippen molar-refractivity contribution in [3.8, 4) is 5.75 Å². The SMILES string of the molecule is Cc1noc(C)c1NC(=O)N(C)C[C@@H]1Oc2ccc(NC(=O)Cn3cnnn3)cc2CC(=O)N([C@H](C)CO)C[C@@H]1C. The molecule has 15 heteroatoms. The van der Waals surface area contributed by atoms with E-state index in [1.165, 1.54) is 15.9 Å². The van der Waals surface area contributed by atoms with Crippen LogP contribution in [0.3, 0.4) is 0 Å². The average molecular weight is 570 g/mol. The van der Waals surface area contributed by atoms with E-state index in [4.69, 9.17) is 9.26 Å². The Bertz CT molecular complexity index is 1360. The first kappa shape index (κ1) is 29.5. The van der Waals surface area contributed by atoms with Crippen LogP contribution < -0.4 is 15.4 Å². The lowest BCUT2D eigenvalue weighted by atomic mass is 10.0. The number of rotatable bonds is 8. The number of aliphatic hydroxyl groups excluding tert-OH is 1. The fourth-order valence-corrected chi connectivity index (χ4v) is 4.54. The summed E-state index contributed by atoms with van der Waals surface area (Å²) in [5, 5.41) is 30.1. The molecule has 4 amide bonds. The van der Waals surface area contributed by atoms with Crippen molar-refractivity contribution in [2.45, 2.75) is 52.8 Å². The van der Waals surface area contributed by atoms with Gasteiger partial charge in [0.1, 0.15) is 36.1 Å². The highest BCUT2D eigenvalue weighted by atomic mass is 16.5. The Morgan fingerprint density at radius 3 is 2.71 bits per heavy atom. The number of nitrogens with zero attached hydrogens (tertiary/aromatic N) is 7. The second-order valence-electron chi connectivity index (χ2n) is 10.3. The number of likely N-dealkylation sites (N-methyl/N-ethyl adjacent to an activating group) is 1. The minimum absolute atomic E-state index is 0.00180. The number of tetrazole rings is 1. The number of benzene rings is 1. The first-order valence-corrected chi connectivity index (χ1v) is 13.2. The fraction of sp³-hybridized carbons (Fsp3) is 0.500. The molecular weight excluding hydrogens is 534 g/mol. The molecule has 3 heterocycles. The van der Waals surface area contributed by atoms with Gasteiger partial charge in [0.15, 0.2) is 5.76 Å². The van der Waals surface area contributed by atoms with Gasteiger partial charge in [-0.2, -0.15) is 0 Å². The third kappa shape index (κ3) is 7.16. The van der Waals surface area contributed by atoms with Crippen LogP contribution in [0.25, 0.3) is 0 Å². The summed E-state index contributed by atoms with van der Waals surface area (Å²) >= 11 is 0. The van der Waals surface area contributed by atoms with Crippen molar-refractivity contribution in [1.29, 1.82) is 0 Å². The summed E-state index contributed by atoms with van der Waals surface area (Å²) in [7, 11) is 1.65. The Morgan fingerprint density at radius 1 is 1.27 bits per heavy atom. The topological polar surface area (TPSA) is 181 Å². The molecule has 3 aromatic rings. The molecule has 0 spiro atoms. The smallest absolute Gasteiger partial charge is 0.321 e. The predicted octanol–water partition coefficient (Wildman–Crippen LogP) is 1.23. The van der Waals surface area contributed by atoms with E-state index >= 15 is 0 Å². The van der Waals surface area contributed by atoms with Gasteiger partial charge >= 0.3 is 6.03 Å². The molecule has 1 aliphatic heterocycles. The third-order valence-corrected chi connectivity index (χ3v) is 6.96. The number of aryl methyl sites for hydroxylation is 2. The molecule has 0 saturated heterocycles. The molecule has 3 atom stereocenters. The summed E-state index contributed by atoms with van der Waals surface area (Å²) in [6.45, 7) is 7.40.